The summed E-state index contributed by atoms with van der Waals surface area (Å²) in [5.74, 6) is 0. The van der Waals surface area contributed by atoms with E-state index in [0.717, 1.165) is 25.9 Å². The number of rotatable bonds is 3. The predicted octanol–water partition coefficient (Wildman–Crippen LogP) is 2.71. The summed E-state index contributed by atoms with van der Waals surface area (Å²) in [5, 5.41) is 0. The molecule has 1 aromatic carbocycles. The van der Waals surface area contributed by atoms with Gasteiger partial charge in [0.05, 0.1) is 5.60 Å². The summed E-state index contributed by atoms with van der Waals surface area (Å²) < 4.78 is 5.66. The first-order valence-corrected chi connectivity index (χ1v) is 6.70. The molecule has 2 N–H and O–H groups in total. The lowest BCUT2D eigenvalue weighted by molar-refractivity contribution is -0.00469. The van der Waals surface area contributed by atoms with E-state index in [4.69, 9.17) is 10.5 Å². The molecule has 0 bridgehead atoms. The highest BCUT2D eigenvalue weighted by Crippen LogP contribution is 2.31. The summed E-state index contributed by atoms with van der Waals surface area (Å²) in [6.07, 6.45) is 2.29. The summed E-state index contributed by atoms with van der Waals surface area (Å²) in [6.45, 7) is 6.25. The maximum absolute atomic E-state index is 6.06. The van der Waals surface area contributed by atoms with Crippen LogP contribution >= 0.6 is 0 Å². The molecule has 1 aromatic rings. The van der Waals surface area contributed by atoms with E-state index in [1.54, 1.807) is 7.11 Å². The molecule has 1 fully saturated rings. The topological polar surface area (TPSA) is 38.5 Å². The predicted molar refractivity (Wildman–Crippen MR) is 75.9 cm³/mol. The van der Waals surface area contributed by atoms with Crippen molar-refractivity contribution in [1.29, 1.82) is 0 Å². The quantitative estimate of drug-likeness (QED) is 0.894. The molecule has 0 saturated carbocycles. The molecule has 1 aliphatic rings. The monoisotopic (exact) mass is 248 g/mol. The fourth-order valence-electron chi connectivity index (χ4n) is 2.74. The molecule has 2 rings (SSSR count). The van der Waals surface area contributed by atoms with E-state index >= 15 is 0 Å². The zero-order valence-corrected chi connectivity index (χ0v) is 11.6. The number of nitrogens with two attached hydrogens (primary N) is 1. The minimum absolute atomic E-state index is 0.0385. The van der Waals surface area contributed by atoms with Gasteiger partial charge in [-0.3, -0.25) is 0 Å². The third kappa shape index (κ3) is 2.68. The van der Waals surface area contributed by atoms with Crippen LogP contribution in [0.1, 0.15) is 38.3 Å². The summed E-state index contributed by atoms with van der Waals surface area (Å²) in [6, 6.07) is 8.50. The van der Waals surface area contributed by atoms with Crippen LogP contribution < -0.4 is 10.6 Å². The number of piperidine rings is 1. The van der Waals surface area contributed by atoms with Crippen molar-refractivity contribution in [2.75, 3.05) is 25.1 Å². The van der Waals surface area contributed by atoms with Gasteiger partial charge in [-0.15, -0.1) is 0 Å². The molecule has 0 amide bonds. The summed E-state index contributed by atoms with van der Waals surface area (Å²) in [5.41, 5.74) is 8.50. The number of hydrogen-bond donors (Lipinski definition) is 1. The summed E-state index contributed by atoms with van der Waals surface area (Å²) in [4.78, 5) is 2.41. The zero-order chi connectivity index (χ0) is 13.2. The van der Waals surface area contributed by atoms with Gasteiger partial charge in [0.2, 0.25) is 0 Å². The van der Waals surface area contributed by atoms with Crippen LogP contribution in [0.3, 0.4) is 0 Å². The Morgan fingerprint density at radius 3 is 2.78 bits per heavy atom. The average molecular weight is 248 g/mol. The van der Waals surface area contributed by atoms with Gasteiger partial charge in [0, 0.05) is 31.9 Å². The number of hydrogen-bond acceptors (Lipinski definition) is 3. The van der Waals surface area contributed by atoms with Crippen molar-refractivity contribution in [2.24, 2.45) is 5.73 Å². The smallest absolute Gasteiger partial charge is 0.0825 e. The van der Waals surface area contributed by atoms with E-state index in [0.29, 0.717) is 0 Å². The second-order valence-electron chi connectivity index (χ2n) is 5.53. The van der Waals surface area contributed by atoms with Crippen LogP contribution in [0.2, 0.25) is 0 Å². The third-order valence-electron chi connectivity index (χ3n) is 3.92. The molecule has 100 valence electrons. The van der Waals surface area contributed by atoms with Gasteiger partial charge in [-0.05, 0) is 38.3 Å². The van der Waals surface area contributed by atoms with Crippen molar-refractivity contribution in [3.63, 3.8) is 0 Å². The van der Waals surface area contributed by atoms with E-state index < -0.39 is 0 Å². The number of anilines is 1. The van der Waals surface area contributed by atoms with Crippen LogP contribution in [0.25, 0.3) is 0 Å². The van der Waals surface area contributed by atoms with Crippen molar-refractivity contribution in [3.05, 3.63) is 29.8 Å². The lowest BCUT2D eigenvalue weighted by Gasteiger charge is -2.41. The average Bonchev–Trinajstić information content (AvgIpc) is 2.39. The van der Waals surface area contributed by atoms with Gasteiger partial charge >= 0.3 is 0 Å². The van der Waals surface area contributed by atoms with Crippen molar-refractivity contribution < 1.29 is 4.74 Å². The molecule has 1 saturated heterocycles. The van der Waals surface area contributed by atoms with Gasteiger partial charge in [-0.1, -0.05) is 18.2 Å². The van der Waals surface area contributed by atoms with Gasteiger partial charge in [0.15, 0.2) is 0 Å². The summed E-state index contributed by atoms with van der Waals surface area (Å²) >= 11 is 0. The second kappa shape index (κ2) is 5.29. The molecule has 2 atom stereocenters. The molecule has 3 heteroatoms. The molecular formula is C15H24N2O. The maximum Gasteiger partial charge on any atom is 0.0825 e. The van der Waals surface area contributed by atoms with Crippen LogP contribution in [-0.4, -0.2) is 25.8 Å². The lowest BCUT2D eigenvalue weighted by atomic mass is 9.93. The second-order valence-corrected chi connectivity index (χ2v) is 5.53. The fourth-order valence-corrected chi connectivity index (χ4v) is 2.74. The SMILES string of the molecule is COC1(C)CCCN(c2ccccc2[C@H](C)N)C1. The molecule has 0 spiro atoms. The minimum Gasteiger partial charge on any atom is -0.377 e. The number of nitrogens with zero attached hydrogens (tertiary/aromatic N) is 1. The highest BCUT2D eigenvalue weighted by atomic mass is 16.5. The van der Waals surface area contributed by atoms with Gasteiger partial charge in [0.25, 0.3) is 0 Å². The highest BCUT2D eigenvalue weighted by Gasteiger charge is 2.31. The first-order chi connectivity index (χ1) is 8.56. The number of benzene rings is 1. The Morgan fingerprint density at radius 1 is 1.39 bits per heavy atom. The number of ether oxygens (including phenoxy) is 1. The first kappa shape index (κ1) is 13.4. The molecule has 1 aliphatic heterocycles. The largest absolute Gasteiger partial charge is 0.377 e. The van der Waals surface area contributed by atoms with Crippen molar-refractivity contribution in [3.8, 4) is 0 Å². The third-order valence-corrected chi connectivity index (χ3v) is 3.92. The maximum atomic E-state index is 6.06. The molecule has 3 nitrogen and oxygen atoms in total. The van der Waals surface area contributed by atoms with E-state index in [9.17, 15) is 0 Å². The first-order valence-electron chi connectivity index (χ1n) is 6.70. The fraction of sp³-hybridized carbons (Fsp3) is 0.600. The molecule has 1 unspecified atom stereocenters. The van der Waals surface area contributed by atoms with Crippen LogP contribution in [-0.2, 0) is 4.74 Å². The van der Waals surface area contributed by atoms with E-state index in [-0.39, 0.29) is 11.6 Å². The highest BCUT2D eigenvalue weighted by molar-refractivity contribution is 5.55. The van der Waals surface area contributed by atoms with Crippen LogP contribution in [0.5, 0.6) is 0 Å². The minimum atomic E-state index is -0.0385. The summed E-state index contributed by atoms with van der Waals surface area (Å²) in [7, 11) is 1.81. The van der Waals surface area contributed by atoms with Crippen LogP contribution in [0.4, 0.5) is 5.69 Å². The Morgan fingerprint density at radius 2 is 2.11 bits per heavy atom. The van der Waals surface area contributed by atoms with E-state index in [1.165, 1.54) is 11.3 Å². The van der Waals surface area contributed by atoms with Gasteiger partial charge < -0.3 is 15.4 Å². The molecular weight excluding hydrogens is 224 g/mol. The van der Waals surface area contributed by atoms with Crippen molar-refractivity contribution in [2.45, 2.75) is 38.3 Å². The molecule has 0 aliphatic carbocycles. The van der Waals surface area contributed by atoms with Crippen LogP contribution in [0, 0.1) is 0 Å². The number of methoxy groups -OCH3 is 1. The van der Waals surface area contributed by atoms with Gasteiger partial charge in [-0.25, -0.2) is 0 Å². The van der Waals surface area contributed by atoms with E-state index in [1.807, 2.05) is 6.92 Å². The van der Waals surface area contributed by atoms with Crippen molar-refractivity contribution >= 4 is 5.69 Å². The molecule has 0 aromatic heterocycles. The normalized spacial score (nSPS) is 26.1. The van der Waals surface area contributed by atoms with Gasteiger partial charge in [0.1, 0.15) is 0 Å². The standard InChI is InChI=1S/C15H24N2O/c1-12(16)13-7-4-5-8-14(13)17-10-6-9-15(2,11-17)18-3/h4-5,7-8,12H,6,9-11,16H2,1-3H3/t12-,15?/m0/s1. The Kier molecular flexibility index (Phi) is 3.93. The van der Waals surface area contributed by atoms with E-state index in [2.05, 4.69) is 36.1 Å². The zero-order valence-electron chi connectivity index (χ0n) is 11.6. The van der Waals surface area contributed by atoms with Crippen molar-refractivity contribution in [1.82, 2.24) is 0 Å². The lowest BCUT2D eigenvalue weighted by Crippen LogP contribution is -2.47. The van der Waals surface area contributed by atoms with Gasteiger partial charge in [-0.2, -0.15) is 0 Å². The van der Waals surface area contributed by atoms with Crippen LogP contribution in [0.15, 0.2) is 24.3 Å². The Bertz CT molecular complexity index is 405. The molecule has 18 heavy (non-hydrogen) atoms. The number of para-hydroxylation sites is 1. The Balaban J connectivity index is 2.26. The molecule has 0 radical (unpaired) electrons. The Labute approximate surface area is 110 Å². The Hall–Kier alpha value is -1.06. The molecule has 1 heterocycles.